The molecule has 3 rings (SSSR count). The molecule has 2 N–H and O–H groups in total. The fourth-order valence-electron chi connectivity index (χ4n) is 3.61. The quantitative estimate of drug-likeness (QED) is 0.413. The summed E-state index contributed by atoms with van der Waals surface area (Å²) < 4.78 is 0. The Labute approximate surface area is 173 Å². The summed E-state index contributed by atoms with van der Waals surface area (Å²) in [7, 11) is 0. The van der Waals surface area contributed by atoms with Crippen LogP contribution in [0, 0.1) is 17.0 Å². The number of carbonyl (C=O) groups is 3. The first kappa shape index (κ1) is 21.0. The Kier molecular flexibility index (Phi) is 5.81. The molecule has 0 spiro atoms. The Morgan fingerprint density at radius 2 is 1.90 bits per heavy atom. The number of hydrogen-bond acceptors (Lipinski definition) is 5. The molecule has 0 bridgehead atoms. The molecule has 1 aliphatic rings. The molecule has 1 aliphatic heterocycles. The van der Waals surface area contributed by atoms with Crippen molar-refractivity contribution in [3.8, 4) is 0 Å². The standard InChI is InChI=1S/C21H22N4O5/c1-3-11-21(15-7-5-4-6-8-15)19(27)24(20(28)23-21)13-18(26)22-16-10-9-14(2)12-17(16)25(29)30/h4-10,12H,3,11,13H2,1-2H3,(H,22,26)(H,23,28)/t21-/m0/s1. The number of aryl methyl sites for hydroxylation is 1. The number of nitrogens with one attached hydrogen (secondary N) is 2. The molecule has 4 amide bonds. The number of anilines is 1. The van der Waals surface area contributed by atoms with E-state index in [4.69, 9.17) is 0 Å². The van der Waals surface area contributed by atoms with Crippen molar-refractivity contribution in [1.29, 1.82) is 0 Å². The van der Waals surface area contributed by atoms with Crippen molar-refractivity contribution in [3.05, 3.63) is 69.8 Å². The van der Waals surface area contributed by atoms with Gasteiger partial charge in [0, 0.05) is 6.07 Å². The van der Waals surface area contributed by atoms with Crippen molar-refractivity contribution in [2.24, 2.45) is 0 Å². The van der Waals surface area contributed by atoms with E-state index < -0.39 is 34.9 Å². The first-order valence-electron chi connectivity index (χ1n) is 9.53. The molecular formula is C21H22N4O5. The third kappa shape index (κ3) is 3.86. The molecule has 2 aromatic carbocycles. The number of benzene rings is 2. The Hall–Kier alpha value is -3.75. The Balaban J connectivity index is 1.82. The van der Waals surface area contributed by atoms with Gasteiger partial charge in [0.05, 0.1) is 4.92 Å². The van der Waals surface area contributed by atoms with Crippen LogP contribution in [0.15, 0.2) is 48.5 Å². The fourth-order valence-corrected chi connectivity index (χ4v) is 3.61. The van der Waals surface area contributed by atoms with Gasteiger partial charge in [-0.3, -0.25) is 24.6 Å². The highest BCUT2D eigenvalue weighted by atomic mass is 16.6. The second-order valence-corrected chi connectivity index (χ2v) is 7.17. The van der Waals surface area contributed by atoms with Gasteiger partial charge in [-0.25, -0.2) is 4.79 Å². The molecule has 0 saturated carbocycles. The van der Waals surface area contributed by atoms with Gasteiger partial charge in [-0.1, -0.05) is 49.7 Å². The highest BCUT2D eigenvalue weighted by Gasteiger charge is 2.52. The number of imide groups is 1. The molecule has 0 unspecified atom stereocenters. The van der Waals surface area contributed by atoms with Crippen LogP contribution in [0.25, 0.3) is 0 Å². The minimum atomic E-state index is -1.23. The summed E-state index contributed by atoms with van der Waals surface area (Å²) in [6, 6.07) is 12.6. The smallest absolute Gasteiger partial charge is 0.319 e. The molecule has 30 heavy (non-hydrogen) atoms. The lowest BCUT2D eigenvalue weighted by molar-refractivity contribution is -0.384. The van der Waals surface area contributed by atoms with Crippen molar-refractivity contribution < 1.29 is 19.3 Å². The van der Waals surface area contributed by atoms with Gasteiger partial charge >= 0.3 is 6.03 Å². The van der Waals surface area contributed by atoms with Gasteiger partial charge in [0.15, 0.2) is 0 Å². The second kappa shape index (κ2) is 8.32. The predicted molar refractivity (Wildman–Crippen MR) is 110 cm³/mol. The van der Waals surface area contributed by atoms with Crippen LogP contribution in [0.2, 0.25) is 0 Å². The van der Waals surface area contributed by atoms with Crippen molar-refractivity contribution in [2.45, 2.75) is 32.2 Å². The number of amides is 4. The molecule has 1 atom stereocenters. The normalized spacial score (nSPS) is 18.3. The van der Waals surface area contributed by atoms with Gasteiger partial charge in [-0.05, 0) is 30.5 Å². The Bertz CT molecular complexity index is 1010. The maximum Gasteiger partial charge on any atom is 0.325 e. The number of nitrogens with zero attached hydrogens (tertiary/aromatic N) is 2. The van der Waals surface area contributed by atoms with Gasteiger partial charge in [0.1, 0.15) is 17.8 Å². The number of nitro benzene ring substituents is 1. The SMILES string of the molecule is CCC[C@@]1(c2ccccc2)NC(=O)N(CC(=O)Nc2ccc(C)cc2[N+](=O)[O-])C1=O. The summed E-state index contributed by atoms with van der Waals surface area (Å²) in [5, 5.41) is 16.4. The molecular weight excluding hydrogens is 388 g/mol. The molecule has 0 aromatic heterocycles. The van der Waals surface area contributed by atoms with Crippen LogP contribution in [0.3, 0.4) is 0 Å². The van der Waals surface area contributed by atoms with Crippen LogP contribution < -0.4 is 10.6 Å². The van der Waals surface area contributed by atoms with Gasteiger partial charge in [-0.2, -0.15) is 0 Å². The van der Waals surface area contributed by atoms with E-state index in [-0.39, 0.29) is 11.4 Å². The number of nitro groups is 1. The monoisotopic (exact) mass is 410 g/mol. The van der Waals surface area contributed by atoms with Crippen molar-refractivity contribution >= 4 is 29.2 Å². The van der Waals surface area contributed by atoms with Crippen molar-refractivity contribution in [2.75, 3.05) is 11.9 Å². The van der Waals surface area contributed by atoms with E-state index in [9.17, 15) is 24.5 Å². The summed E-state index contributed by atoms with van der Waals surface area (Å²) in [4.78, 5) is 49.8. The van der Waals surface area contributed by atoms with Gasteiger partial charge < -0.3 is 10.6 Å². The van der Waals surface area contributed by atoms with Crippen molar-refractivity contribution in [3.63, 3.8) is 0 Å². The highest BCUT2D eigenvalue weighted by Crippen LogP contribution is 2.33. The first-order valence-corrected chi connectivity index (χ1v) is 9.53. The van der Waals surface area contributed by atoms with E-state index >= 15 is 0 Å². The van der Waals surface area contributed by atoms with E-state index in [0.717, 1.165) is 4.90 Å². The summed E-state index contributed by atoms with van der Waals surface area (Å²) in [6.07, 6.45) is 1.01. The molecule has 1 saturated heterocycles. The highest BCUT2D eigenvalue weighted by molar-refractivity contribution is 6.10. The lowest BCUT2D eigenvalue weighted by Crippen LogP contribution is -2.44. The lowest BCUT2D eigenvalue weighted by atomic mass is 9.85. The summed E-state index contributed by atoms with van der Waals surface area (Å²) in [5.74, 6) is -1.22. The largest absolute Gasteiger partial charge is 0.325 e. The van der Waals surface area contributed by atoms with Crippen LogP contribution >= 0.6 is 0 Å². The summed E-state index contributed by atoms with van der Waals surface area (Å²) >= 11 is 0. The molecule has 9 nitrogen and oxygen atoms in total. The zero-order chi connectivity index (χ0) is 21.9. The number of carbonyl (C=O) groups excluding carboxylic acids is 3. The number of urea groups is 1. The average Bonchev–Trinajstić information content (AvgIpc) is 2.95. The molecule has 156 valence electrons. The topological polar surface area (TPSA) is 122 Å². The Morgan fingerprint density at radius 1 is 1.20 bits per heavy atom. The lowest BCUT2D eigenvalue weighted by Gasteiger charge is -2.26. The van der Waals surface area contributed by atoms with E-state index in [0.29, 0.717) is 24.0 Å². The third-order valence-electron chi connectivity index (χ3n) is 4.99. The third-order valence-corrected chi connectivity index (χ3v) is 4.99. The molecule has 0 aliphatic carbocycles. The molecule has 0 radical (unpaired) electrons. The van der Waals surface area contributed by atoms with E-state index in [1.54, 1.807) is 37.3 Å². The zero-order valence-electron chi connectivity index (χ0n) is 16.7. The zero-order valence-corrected chi connectivity index (χ0v) is 16.7. The van der Waals surface area contributed by atoms with Crippen LogP contribution in [0.4, 0.5) is 16.2 Å². The molecule has 9 heteroatoms. The number of rotatable bonds is 7. The van der Waals surface area contributed by atoms with Crippen molar-refractivity contribution in [1.82, 2.24) is 10.2 Å². The average molecular weight is 410 g/mol. The molecule has 1 heterocycles. The minimum absolute atomic E-state index is 0.00512. The summed E-state index contributed by atoms with van der Waals surface area (Å²) in [6.45, 7) is 3.05. The van der Waals surface area contributed by atoms with E-state index in [1.165, 1.54) is 12.1 Å². The van der Waals surface area contributed by atoms with Crippen LogP contribution in [-0.2, 0) is 15.1 Å². The van der Waals surface area contributed by atoms with Crippen LogP contribution in [0.5, 0.6) is 0 Å². The fraction of sp³-hybridized carbons (Fsp3) is 0.286. The first-order chi connectivity index (χ1) is 14.3. The van der Waals surface area contributed by atoms with Gasteiger partial charge in [-0.15, -0.1) is 0 Å². The number of hydrogen-bond donors (Lipinski definition) is 2. The predicted octanol–water partition coefficient (Wildman–Crippen LogP) is 3.09. The maximum atomic E-state index is 13.2. The summed E-state index contributed by atoms with van der Waals surface area (Å²) in [5.41, 5.74) is -0.178. The maximum absolute atomic E-state index is 13.2. The van der Waals surface area contributed by atoms with Crippen LogP contribution in [-0.4, -0.2) is 34.2 Å². The van der Waals surface area contributed by atoms with Crippen LogP contribution in [0.1, 0.15) is 30.9 Å². The van der Waals surface area contributed by atoms with Gasteiger partial charge in [0.2, 0.25) is 5.91 Å². The second-order valence-electron chi connectivity index (χ2n) is 7.17. The van der Waals surface area contributed by atoms with Gasteiger partial charge in [0.25, 0.3) is 11.6 Å². The Morgan fingerprint density at radius 3 is 2.53 bits per heavy atom. The van der Waals surface area contributed by atoms with E-state index in [1.807, 2.05) is 13.0 Å². The molecule has 2 aromatic rings. The minimum Gasteiger partial charge on any atom is -0.319 e. The molecule has 1 fully saturated rings. The van der Waals surface area contributed by atoms with E-state index in [2.05, 4.69) is 10.6 Å².